The Labute approximate surface area is 115 Å². The molecule has 2 rings (SSSR count). The van der Waals surface area contributed by atoms with E-state index >= 15 is 0 Å². The van der Waals surface area contributed by atoms with E-state index in [2.05, 4.69) is 4.74 Å². The molecule has 0 saturated carbocycles. The number of esters is 1. The Kier molecular flexibility index (Phi) is 4.04. The fraction of sp³-hybridized carbons (Fsp3) is 0.385. The van der Waals surface area contributed by atoms with E-state index in [1.54, 1.807) is 11.0 Å². The Bertz CT molecular complexity index is 521. The summed E-state index contributed by atoms with van der Waals surface area (Å²) in [4.78, 5) is 24.7. The van der Waals surface area contributed by atoms with Crippen LogP contribution in [0.1, 0.15) is 12.0 Å². The third kappa shape index (κ3) is 3.04. The van der Waals surface area contributed by atoms with Crippen molar-refractivity contribution in [3.8, 4) is 0 Å². The van der Waals surface area contributed by atoms with Gasteiger partial charge in [0.2, 0.25) is 5.91 Å². The molecule has 0 aromatic heterocycles. The van der Waals surface area contributed by atoms with Crippen molar-refractivity contribution in [1.82, 2.24) is 4.90 Å². The summed E-state index contributed by atoms with van der Waals surface area (Å²) in [6, 6.07) is 4.31. The normalized spacial score (nSPS) is 18.8. The van der Waals surface area contributed by atoms with Crippen molar-refractivity contribution in [3.63, 3.8) is 0 Å². The zero-order valence-electron chi connectivity index (χ0n) is 10.4. The van der Waals surface area contributed by atoms with Gasteiger partial charge in [-0.2, -0.15) is 0 Å². The molecule has 1 atom stereocenters. The number of carbonyl (C=O) groups is 2. The Morgan fingerprint density at radius 3 is 2.95 bits per heavy atom. The van der Waals surface area contributed by atoms with Crippen LogP contribution in [0.3, 0.4) is 0 Å². The van der Waals surface area contributed by atoms with Gasteiger partial charge in [-0.3, -0.25) is 9.59 Å². The Balaban J connectivity index is 2.05. The van der Waals surface area contributed by atoms with Crippen LogP contribution in [0.2, 0.25) is 5.02 Å². The van der Waals surface area contributed by atoms with Gasteiger partial charge in [0.25, 0.3) is 0 Å². The van der Waals surface area contributed by atoms with Crippen molar-refractivity contribution in [2.45, 2.75) is 13.0 Å². The quantitative estimate of drug-likeness (QED) is 0.798. The van der Waals surface area contributed by atoms with Crippen LogP contribution in [0.15, 0.2) is 18.2 Å². The SMILES string of the molecule is COC(=O)C1CC(=O)N(Cc2ccc(F)c(Cl)c2)C1. The number of hydrogen-bond donors (Lipinski definition) is 0. The number of halogens is 2. The average molecular weight is 286 g/mol. The third-order valence-electron chi connectivity index (χ3n) is 3.11. The highest BCUT2D eigenvalue weighted by Crippen LogP contribution is 2.23. The van der Waals surface area contributed by atoms with Gasteiger partial charge in [0, 0.05) is 19.5 Å². The lowest BCUT2D eigenvalue weighted by Crippen LogP contribution is -2.26. The molecule has 0 aliphatic carbocycles. The first-order valence-corrected chi connectivity index (χ1v) is 6.18. The van der Waals surface area contributed by atoms with E-state index in [4.69, 9.17) is 11.6 Å². The molecular formula is C13H13ClFNO3. The molecule has 1 unspecified atom stereocenters. The monoisotopic (exact) mass is 285 g/mol. The predicted octanol–water partition coefficient (Wildman–Crippen LogP) is 2.00. The van der Waals surface area contributed by atoms with Crippen LogP contribution in [0.25, 0.3) is 0 Å². The first-order valence-electron chi connectivity index (χ1n) is 5.80. The maximum absolute atomic E-state index is 13.0. The van der Waals surface area contributed by atoms with E-state index < -0.39 is 11.7 Å². The second kappa shape index (κ2) is 5.57. The average Bonchev–Trinajstić information content (AvgIpc) is 2.74. The molecule has 0 radical (unpaired) electrons. The highest BCUT2D eigenvalue weighted by Gasteiger charge is 2.34. The summed E-state index contributed by atoms with van der Waals surface area (Å²) in [6.45, 7) is 0.632. The van der Waals surface area contributed by atoms with Crippen LogP contribution >= 0.6 is 11.6 Å². The smallest absolute Gasteiger partial charge is 0.310 e. The molecule has 1 saturated heterocycles. The number of rotatable bonds is 3. The predicted molar refractivity (Wildman–Crippen MR) is 67.0 cm³/mol. The number of hydrogen-bond acceptors (Lipinski definition) is 3. The number of likely N-dealkylation sites (tertiary alicyclic amines) is 1. The molecule has 102 valence electrons. The van der Waals surface area contributed by atoms with Gasteiger partial charge in [-0.25, -0.2) is 4.39 Å². The number of amides is 1. The van der Waals surface area contributed by atoms with Gasteiger partial charge in [0.1, 0.15) is 5.82 Å². The van der Waals surface area contributed by atoms with E-state index in [1.807, 2.05) is 0 Å². The standard InChI is InChI=1S/C13H13ClFNO3/c1-19-13(18)9-5-12(17)16(7-9)6-8-2-3-11(15)10(14)4-8/h2-4,9H,5-7H2,1H3. The Morgan fingerprint density at radius 1 is 1.58 bits per heavy atom. The van der Waals surface area contributed by atoms with E-state index in [0.29, 0.717) is 13.1 Å². The van der Waals surface area contributed by atoms with Crippen LogP contribution in [-0.2, 0) is 20.9 Å². The van der Waals surface area contributed by atoms with Crippen LogP contribution in [0.4, 0.5) is 4.39 Å². The van der Waals surface area contributed by atoms with Crippen molar-refractivity contribution in [3.05, 3.63) is 34.6 Å². The molecule has 1 fully saturated rings. The van der Waals surface area contributed by atoms with Crippen LogP contribution in [0.5, 0.6) is 0 Å². The number of carbonyl (C=O) groups excluding carboxylic acids is 2. The van der Waals surface area contributed by atoms with E-state index in [-0.39, 0.29) is 23.3 Å². The van der Waals surface area contributed by atoms with E-state index in [1.165, 1.54) is 19.2 Å². The van der Waals surface area contributed by atoms with Crippen LogP contribution in [-0.4, -0.2) is 30.4 Å². The maximum Gasteiger partial charge on any atom is 0.310 e. The largest absolute Gasteiger partial charge is 0.469 e. The molecular weight excluding hydrogens is 273 g/mol. The molecule has 1 aliphatic rings. The van der Waals surface area contributed by atoms with Crippen molar-refractivity contribution in [2.24, 2.45) is 5.92 Å². The summed E-state index contributed by atoms with van der Waals surface area (Å²) in [5.74, 6) is -1.41. The van der Waals surface area contributed by atoms with Gasteiger partial charge in [0.05, 0.1) is 18.1 Å². The number of methoxy groups -OCH3 is 1. The van der Waals surface area contributed by atoms with Gasteiger partial charge in [0.15, 0.2) is 0 Å². The molecule has 19 heavy (non-hydrogen) atoms. The van der Waals surface area contributed by atoms with Crippen molar-refractivity contribution in [2.75, 3.05) is 13.7 Å². The number of benzene rings is 1. The first-order chi connectivity index (χ1) is 9.01. The van der Waals surface area contributed by atoms with Crippen LogP contribution in [0, 0.1) is 11.7 Å². The molecule has 1 aromatic rings. The lowest BCUT2D eigenvalue weighted by molar-refractivity contribution is -0.145. The maximum atomic E-state index is 13.0. The molecule has 0 bridgehead atoms. The van der Waals surface area contributed by atoms with Gasteiger partial charge in [-0.1, -0.05) is 17.7 Å². The zero-order valence-corrected chi connectivity index (χ0v) is 11.1. The topological polar surface area (TPSA) is 46.6 Å². The Morgan fingerprint density at radius 2 is 2.32 bits per heavy atom. The van der Waals surface area contributed by atoms with Gasteiger partial charge < -0.3 is 9.64 Å². The minimum Gasteiger partial charge on any atom is -0.469 e. The first kappa shape index (κ1) is 13.8. The molecule has 6 heteroatoms. The second-order valence-electron chi connectivity index (χ2n) is 4.45. The van der Waals surface area contributed by atoms with Crippen molar-refractivity contribution < 1.29 is 18.7 Å². The molecule has 0 N–H and O–H groups in total. The summed E-state index contributed by atoms with van der Waals surface area (Å²) in [5, 5.41) is 0.0219. The number of ether oxygens (including phenoxy) is 1. The lowest BCUT2D eigenvalue weighted by atomic mass is 10.1. The fourth-order valence-corrected chi connectivity index (χ4v) is 2.31. The third-order valence-corrected chi connectivity index (χ3v) is 3.40. The molecule has 4 nitrogen and oxygen atoms in total. The van der Waals surface area contributed by atoms with Crippen molar-refractivity contribution in [1.29, 1.82) is 0 Å². The van der Waals surface area contributed by atoms with Gasteiger partial charge in [-0.05, 0) is 17.7 Å². The molecule has 1 aliphatic heterocycles. The highest BCUT2D eigenvalue weighted by molar-refractivity contribution is 6.30. The highest BCUT2D eigenvalue weighted by atomic mass is 35.5. The lowest BCUT2D eigenvalue weighted by Gasteiger charge is -2.16. The van der Waals surface area contributed by atoms with Crippen LogP contribution < -0.4 is 0 Å². The molecule has 1 aromatic carbocycles. The summed E-state index contributed by atoms with van der Waals surface area (Å²) >= 11 is 5.68. The van der Waals surface area contributed by atoms with Gasteiger partial charge >= 0.3 is 5.97 Å². The number of nitrogens with zero attached hydrogens (tertiary/aromatic N) is 1. The summed E-state index contributed by atoms with van der Waals surface area (Å²) in [7, 11) is 1.30. The minimum atomic E-state index is -0.495. The summed E-state index contributed by atoms with van der Waals surface area (Å²) < 4.78 is 17.7. The second-order valence-corrected chi connectivity index (χ2v) is 4.85. The molecule has 1 amide bonds. The fourth-order valence-electron chi connectivity index (χ4n) is 2.11. The van der Waals surface area contributed by atoms with E-state index in [9.17, 15) is 14.0 Å². The molecule has 1 heterocycles. The zero-order chi connectivity index (χ0) is 14.0. The minimum absolute atomic E-state index is 0.0219. The van der Waals surface area contributed by atoms with E-state index in [0.717, 1.165) is 5.56 Å². The summed E-state index contributed by atoms with van der Waals surface area (Å²) in [6.07, 6.45) is 0.154. The Hall–Kier alpha value is -1.62. The van der Waals surface area contributed by atoms with Gasteiger partial charge in [-0.15, -0.1) is 0 Å². The molecule has 0 spiro atoms. The summed E-state index contributed by atoms with van der Waals surface area (Å²) in [5.41, 5.74) is 0.727. The van der Waals surface area contributed by atoms with Crippen molar-refractivity contribution >= 4 is 23.5 Å².